The standard InChI is InChI=1S/C16H18N4O3/c1-2-4-14(21)19-6-8-20(9-7-19)16-12(11-17)18-15(23-16)13-5-3-10-22-13/h3,5,10H,2,4,6-9H2,1H3. The molecule has 7 nitrogen and oxygen atoms in total. The molecule has 1 amide bonds. The number of amides is 1. The summed E-state index contributed by atoms with van der Waals surface area (Å²) >= 11 is 0. The van der Waals surface area contributed by atoms with Crippen LogP contribution in [0.1, 0.15) is 25.5 Å². The Morgan fingerprint density at radius 1 is 1.39 bits per heavy atom. The third-order valence-electron chi connectivity index (χ3n) is 3.83. The maximum Gasteiger partial charge on any atom is 0.266 e. The SMILES string of the molecule is CCCC(=O)N1CCN(c2oc(-c3ccco3)nc2C#N)CC1. The van der Waals surface area contributed by atoms with Crippen molar-refractivity contribution >= 4 is 11.8 Å². The van der Waals surface area contributed by atoms with Gasteiger partial charge < -0.3 is 18.6 Å². The van der Waals surface area contributed by atoms with Gasteiger partial charge in [0.25, 0.3) is 5.89 Å². The highest BCUT2D eigenvalue weighted by molar-refractivity contribution is 5.76. The number of carbonyl (C=O) groups excluding carboxylic acids is 1. The molecule has 2 aromatic heterocycles. The van der Waals surface area contributed by atoms with E-state index in [1.165, 1.54) is 6.26 Å². The van der Waals surface area contributed by atoms with E-state index in [4.69, 9.17) is 8.83 Å². The fourth-order valence-electron chi connectivity index (χ4n) is 2.64. The number of aromatic nitrogens is 1. The highest BCUT2D eigenvalue weighted by Gasteiger charge is 2.26. The molecule has 0 radical (unpaired) electrons. The topological polar surface area (TPSA) is 86.5 Å². The van der Waals surface area contributed by atoms with Gasteiger partial charge in [-0.1, -0.05) is 6.92 Å². The van der Waals surface area contributed by atoms with Crippen molar-refractivity contribution < 1.29 is 13.6 Å². The van der Waals surface area contributed by atoms with E-state index in [0.29, 0.717) is 50.1 Å². The van der Waals surface area contributed by atoms with Crippen LogP contribution in [0.2, 0.25) is 0 Å². The highest BCUT2D eigenvalue weighted by atomic mass is 16.4. The van der Waals surface area contributed by atoms with Crippen molar-refractivity contribution in [2.24, 2.45) is 0 Å². The molecule has 0 saturated carbocycles. The van der Waals surface area contributed by atoms with Gasteiger partial charge in [0.05, 0.1) is 6.26 Å². The monoisotopic (exact) mass is 314 g/mol. The molecule has 1 aliphatic heterocycles. The largest absolute Gasteiger partial charge is 0.459 e. The first-order valence-corrected chi connectivity index (χ1v) is 7.70. The predicted octanol–water partition coefficient (Wildman–Crippen LogP) is 2.25. The third kappa shape index (κ3) is 3.06. The van der Waals surface area contributed by atoms with Crippen LogP contribution in [0.25, 0.3) is 11.7 Å². The Kier molecular flexibility index (Phi) is 4.33. The molecule has 2 aromatic rings. The Hall–Kier alpha value is -2.75. The van der Waals surface area contributed by atoms with Gasteiger partial charge in [-0.25, -0.2) is 0 Å². The quantitative estimate of drug-likeness (QED) is 0.860. The van der Waals surface area contributed by atoms with E-state index in [-0.39, 0.29) is 11.6 Å². The molecule has 0 aliphatic carbocycles. The first kappa shape index (κ1) is 15.2. The molecule has 1 aliphatic rings. The summed E-state index contributed by atoms with van der Waals surface area (Å²) in [6.45, 7) is 4.49. The Morgan fingerprint density at radius 2 is 2.17 bits per heavy atom. The maximum atomic E-state index is 11.9. The van der Waals surface area contributed by atoms with E-state index in [1.54, 1.807) is 12.1 Å². The summed E-state index contributed by atoms with van der Waals surface area (Å²) < 4.78 is 11.0. The second-order valence-electron chi connectivity index (χ2n) is 5.38. The number of rotatable bonds is 4. The second-order valence-corrected chi connectivity index (χ2v) is 5.38. The molecule has 0 atom stereocenters. The molecular weight excluding hydrogens is 296 g/mol. The lowest BCUT2D eigenvalue weighted by Crippen LogP contribution is -2.48. The number of nitrogens with zero attached hydrogens (tertiary/aromatic N) is 4. The molecule has 0 aromatic carbocycles. The minimum atomic E-state index is 0.182. The van der Waals surface area contributed by atoms with Gasteiger partial charge in [-0.15, -0.1) is 0 Å². The van der Waals surface area contributed by atoms with Gasteiger partial charge in [0.15, 0.2) is 5.76 Å². The first-order chi connectivity index (χ1) is 11.2. The van der Waals surface area contributed by atoms with Crippen molar-refractivity contribution in [2.45, 2.75) is 19.8 Å². The van der Waals surface area contributed by atoms with Gasteiger partial charge in [-0.2, -0.15) is 10.2 Å². The molecule has 1 saturated heterocycles. The summed E-state index contributed by atoms with van der Waals surface area (Å²) in [4.78, 5) is 19.9. The lowest BCUT2D eigenvalue weighted by atomic mass is 10.2. The maximum absolute atomic E-state index is 11.9. The molecule has 7 heteroatoms. The van der Waals surface area contributed by atoms with E-state index in [0.717, 1.165) is 6.42 Å². The van der Waals surface area contributed by atoms with E-state index >= 15 is 0 Å². The van der Waals surface area contributed by atoms with Crippen LogP contribution in [0.5, 0.6) is 0 Å². The minimum absolute atomic E-state index is 0.182. The van der Waals surface area contributed by atoms with Crippen molar-refractivity contribution in [1.29, 1.82) is 5.26 Å². The average molecular weight is 314 g/mol. The zero-order valence-electron chi connectivity index (χ0n) is 13.0. The molecule has 1 fully saturated rings. The molecule has 23 heavy (non-hydrogen) atoms. The van der Waals surface area contributed by atoms with Crippen LogP contribution in [0.4, 0.5) is 5.88 Å². The lowest BCUT2D eigenvalue weighted by Gasteiger charge is -2.34. The second kappa shape index (κ2) is 6.57. The summed E-state index contributed by atoms with van der Waals surface area (Å²) in [5.41, 5.74) is 0.240. The summed E-state index contributed by atoms with van der Waals surface area (Å²) in [7, 11) is 0. The zero-order valence-corrected chi connectivity index (χ0v) is 13.0. The Labute approximate surface area is 134 Å². The molecule has 0 unspecified atom stereocenters. The van der Waals surface area contributed by atoms with Gasteiger partial charge in [-0.05, 0) is 18.6 Å². The number of anilines is 1. The van der Waals surface area contributed by atoms with Crippen molar-refractivity contribution in [1.82, 2.24) is 9.88 Å². The fraction of sp³-hybridized carbons (Fsp3) is 0.438. The van der Waals surface area contributed by atoms with Crippen molar-refractivity contribution in [3.05, 3.63) is 24.1 Å². The summed E-state index contributed by atoms with van der Waals surface area (Å²) in [6.07, 6.45) is 2.96. The third-order valence-corrected chi connectivity index (χ3v) is 3.83. The van der Waals surface area contributed by atoms with E-state index in [9.17, 15) is 10.1 Å². The lowest BCUT2D eigenvalue weighted by molar-refractivity contribution is -0.131. The molecule has 3 heterocycles. The Balaban J connectivity index is 1.73. The number of hydrogen-bond donors (Lipinski definition) is 0. The van der Waals surface area contributed by atoms with Crippen LogP contribution < -0.4 is 4.90 Å². The number of nitriles is 1. The number of hydrogen-bond acceptors (Lipinski definition) is 6. The fourth-order valence-corrected chi connectivity index (χ4v) is 2.64. The Morgan fingerprint density at radius 3 is 2.78 bits per heavy atom. The van der Waals surface area contributed by atoms with Crippen LogP contribution in [-0.4, -0.2) is 42.0 Å². The number of furan rings is 1. The van der Waals surface area contributed by atoms with Crippen LogP contribution in [0.15, 0.2) is 27.2 Å². The van der Waals surface area contributed by atoms with E-state index in [1.807, 2.05) is 16.7 Å². The zero-order chi connectivity index (χ0) is 16.2. The van der Waals surface area contributed by atoms with Crippen LogP contribution in [-0.2, 0) is 4.79 Å². The van der Waals surface area contributed by atoms with Crippen LogP contribution in [0, 0.1) is 11.3 Å². The van der Waals surface area contributed by atoms with Crippen LogP contribution >= 0.6 is 0 Å². The van der Waals surface area contributed by atoms with Gasteiger partial charge in [0.2, 0.25) is 17.5 Å². The number of piperazine rings is 1. The smallest absolute Gasteiger partial charge is 0.266 e. The number of oxazole rings is 1. The summed E-state index contributed by atoms with van der Waals surface area (Å²) in [5.74, 6) is 1.42. The molecule has 0 N–H and O–H groups in total. The van der Waals surface area contributed by atoms with Gasteiger partial charge in [0.1, 0.15) is 6.07 Å². The van der Waals surface area contributed by atoms with Crippen molar-refractivity contribution in [2.75, 3.05) is 31.1 Å². The van der Waals surface area contributed by atoms with Crippen molar-refractivity contribution in [3.63, 3.8) is 0 Å². The van der Waals surface area contributed by atoms with E-state index < -0.39 is 0 Å². The van der Waals surface area contributed by atoms with E-state index in [2.05, 4.69) is 11.1 Å². The molecular formula is C16H18N4O3. The average Bonchev–Trinajstić information content (AvgIpc) is 3.24. The molecule has 120 valence electrons. The normalized spacial score (nSPS) is 14.8. The van der Waals surface area contributed by atoms with Crippen molar-refractivity contribution in [3.8, 4) is 17.7 Å². The number of carbonyl (C=O) groups is 1. The predicted molar refractivity (Wildman–Crippen MR) is 82.6 cm³/mol. The molecule has 0 spiro atoms. The van der Waals surface area contributed by atoms with Gasteiger partial charge in [-0.3, -0.25) is 4.79 Å². The molecule has 0 bridgehead atoms. The minimum Gasteiger partial charge on any atom is -0.459 e. The summed E-state index contributed by atoms with van der Waals surface area (Å²) in [6, 6.07) is 5.53. The highest BCUT2D eigenvalue weighted by Crippen LogP contribution is 2.29. The van der Waals surface area contributed by atoms with Crippen LogP contribution in [0.3, 0.4) is 0 Å². The Bertz CT molecular complexity index is 706. The molecule has 3 rings (SSSR count). The first-order valence-electron chi connectivity index (χ1n) is 7.70. The van der Waals surface area contributed by atoms with Gasteiger partial charge >= 0.3 is 0 Å². The summed E-state index contributed by atoms with van der Waals surface area (Å²) in [5, 5.41) is 9.28. The van der Waals surface area contributed by atoms with Gasteiger partial charge in [0, 0.05) is 32.6 Å².